The van der Waals surface area contributed by atoms with Crippen molar-refractivity contribution in [3.05, 3.63) is 0 Å². The Morgan fingerprint density at radius 1 is 1.56 bits per heavy atom. The lowest BCUT2D eigenvalue weighted by atomic mass is 10.0. The lowest BCUT2D eigenvalue weighted by Gasteiger charge is -2.01. The minimum Gasteiger partial charge on any atom is -0.377 e. The summed E-state index contributed by atoms with van der Waals surface area (Å²) in [6.45, 7) is 1.03. The molecule has 0 aromatic heterocycles. The van der Waals surface area contributed by atoms with E-state index in [2.05, 4.69) is 15.9 Å². The van der Waals surface area contributed by atoms with E-state index in [1.807, 2.05) is 0 Å². The summed E-state index contributed by atoms with van der Waals surface area (Å²) in [6.07, 6.45) is 4.65. The first-order valence-electron chi connectivity index (χ1n) is 3.52. The molecular weight excluding hydrogens is 180 g/mol. The van der Waals surface area contributed by atoms with E-state index in [0.29, 0.717) is 11.5 Å². The number of hydrogen-bond acceptors (Lipinski definition) is 1. The fraction of sp³-hybridized carbons (Fsp3) is 1.00. The number of hydrogen-bond donors (Lipinski definition) is 0. The first-order valence-corrected chi connectivity index (χ1v) is 4.64. The Hall–Kier alpha value is 0.440. The molecule has 0 bridgehead atoms. The third kappa shape index (κ3) is 1.03. The van der Waals surface area contributed by atoms with E-state index in [0.717, 1.165) is 11.9 Å². The van der Waals surface area contributed by atoms with Crippen molar-refractivity contribution in [1.29, 1.82) is 0 Å². The SMILES string of the molecule is BrC[C@H]1CC2(CC2)CO1. The summed E-state index contributed by atoms with van der Waals surface area (Å²) in [5.41, 5.74) is 0.665. The predicted molar refractivity (Wildman–Crippen MR) is 39.8 cm³/mol. The highest BCUT2D eigenvalue weighted by molar-refractivity contribution is 9.09. The van der Waals surface area contributed by atoms with E-state index in [-0.39, 0.29) is 0 Å². The summed E-state index contributed by atoms with van der Waals surface area (Å²) in [5.74, 6) is 0. The topological polar surface area (TPSA) is 9.23 Å². The van der Waals surface area contributed by atoms with E-state index in [1.165, 1.54) is 19.3 Å². The fourth-order valence-corrected chi connectivity index (χ4v) is 1.94. The summed E-state index contributed by atoms with van der Waals surface area (Å²) < 4.78 is 5.53. The zero-order chi connectivity index (χ0) is 6.32. The first kappa shape index (κ1) is 6.17. The third-order valence-corrected chi connectivity index (χ3v) is 3.14. The standard InChI is InChI=1S/C7H11BrO/c8-4-6-3-7(1-2-7)5-9-6/h6H,1-5H2/t6-/m1/s1. The number of halogens is 1. The Balaban J connectivity index is 1.93. The van der Waals surface area contributed by atoms with Crippen molar-refractivity contribution in [3.8, 4) is 0 Å². The molecule has 1 aliphatic carbocycles. The van der Waals surface area contributed by atoms with Gasteiger partial charge in [-0.3, -0.25) is 0 Å². The van der Waals surface area contributed by atoms with Gasteiger partial charge in [0.15, 0.2) is 0 Å². The zero-order valence-corrected chi connectivity index (χ0v) is 6.99. The van der Waals surface area contributed by atoms with E-state index in [4.69, 9.17) is 4.74 Å². The van der Waals surface area contributed by atoms with Gasteiger partial charge in [0.2, 0.25) is 0 Å². The third-order valence-electron chi connectivity index (χ3n) is 2.42. The largest absolute Gasteiger partial charge is 0.377 e. The van der Waals surface area contributed by atoms with Crippen LogP contribution in [0.3, 0.4) is 0 Å². The zero-order valence-electron chi connectivity index (χ0n) is 5.40. The van der Waals surface area contributed by atoms with Gasteiger partial charge in [-0.2, -0.15) is 0 Å². The van der Waals surface area contributed by atoms with Gasteiger partial charge in [-0.25, -0.2) is 0 Å². The molecule has 0 radical (unpaired) electrons. The van der Waals surface area contributed by atoms with Gasteiger partial charge in [0.1, 0.15) is 0 Å². The molecule has 1 aliphatic heterocycles. The normalized spacial score (nSPS) is 37.7. The lowest BCUT2D eigenvalue weighted by molar-refractivity contribution is 0.122. The van der Waals surface area contributed by atoms with Gasteiger partial charge in [-0.15, -0.1) is 0 Å². The fourth-order valence-electron chi connectivity index (χ4n) is 1.52. The summed E-state index contributed by atoms with van der Waals surface area (Å²) in [6, 6.07) is 0. The van der Waals surface area contributed by atoms with Crippen LogP contribution in [0.1, 0.15) is 19.3 Å². The number of alkyl halides is 1. The van der Waals surface area contributed by atoms with Crippen LogP contribution >= 0.6 is 15.9 Å². The van der Waals surface area contributed by atoms with Crippen LogP contribution < -0.4 is 0 Å². The molecule has 0 aromatic rings. The van der Waals surface area contributed by atoms with Gasteiger partial charge in [-0.1, -0.05) is 15.9 Å². The van der Waals surface area contributed by atoms with Gasteiger partial charge in [-0.05, 0) is 24.7 Å². The van der Waals surface area contributed by atoms with Crippen LogP contribution in [-0.4, -0.2) is 18.0 Å². The average molecular weight is 191 g/mol. The van der Waals surface area contributed by atoms with Crippen LogP contribution in [0, 0.1) is 5.41 Å². The lowest BCUT2D eigenvalue weighted by Crippen LogP contribution is -2.05. The van der Waals surface area contributed by atoms with Gasteiger partial charge in [0.25, 0.3) is 0 Å². The second-order valence-electron chi connectivity index (χ2n) is 3.29. The van der Waals surface area contributed by atoms with Crippen molar-refractivity contribution in [2.75, 3.05) is 11.9 Å². The van der Waals surface area contributed by atoms with Gasteiger partial charge < -0.3 is 4.74 Å². The van der Waals surface area contributed by atoms with Crippen LogP contribution in [0.2, 0.25) is 0 Å². The summed E-state index contributed by atoms with van der Waals surface area (Å²) >= 11 is 3.43. The highest BCUT2D eigenvalue weighted by atomic mass is 79.9. The smallest absolute Gasteiger partial charge is 0.0678 e. The van der Waals surface area contributed by atoms with Gasteiger partial charge >= 0.3 is 0 Å². The Morgan fingerprint density at radius 3 is 2.67 bits per heavy atom. The molecule has 0 amide bonds. The van der Waals surface area contributed by atoms with Crippen molar-refractivity contribution in [2.45, 2.75) is 25.4 Å². The van der Waals surface area contributed by atoms with Gasteiger partial charge in [0.05, 0.1) is 12.7 Å². The second kappa shape index (κ2) is 1.96. The number of rotatable bonds is 1. The summed E-state index contributed by atoms with van der Waals surface area (Å²) in [4.78, 5) is 0. The van der Waals surface area contributed by atoms with Crippen LogP contribution in [0.5, 0.6) is 0 Å². The Kier molecular flexibility index (Phi) is 1.34. The quantitative estimate of drug-likeness (QED) is 0.575. The van der Waals surface area contributed by atoms with Crippen molar-refractivity contribution < 1.29 is 4.74 Å². The van der Waals surface area contributed by atoms with Gasteiger partial charge in [0, 0.05) is 5.33 Å². The molecule has 2 rings (SSSR count). The molecule has 0 unspecified atom stereocenters. The van der Waals surface area contributed by atoms with Crippen LogP contribution in [0.25, 0.3) is 0 Å². The molecule has 1 atom stereocenters. The number of ether oxygens (including phenoxy) is 1. The maximum Gasteiger partial charge on any atom is 0.0678 e. The Labute approximate surface area is 63.9 Å². The van der Waals surface area contributed by atoms with E-state index < -0.39 is 0 Å². The van der Waals surface area contributed by atoms with E-state index >= 15 is 0 Å². The summed E-state index contributed by atoms with van der Waals surface area (Å²) in [5, 5.41) is 1.02. The molecule has 0 aromatic carbocycles. The van der Waals surface area contributed by atoms with Crippen LogP contribution in [-0.2, 0) is 4.74 Å². The molecule has 2 aliphatic rings. The Bertz CT molecular complexity index is 120. The van der Waals surface area contributed by atoms with Crippen molar-refractivity contribution in [2.24, 2.45) is 5.41 Å². The monoisotopic (exact) mass is 190 g/mol. The molecule has 9 heavy (non-hydrogen) atoms. The summed E-state index contributed by atoms with van der Waals surface area (Å²) in [7, 11) is 0. The van der Waals surface area contributed by atoms with Crippen LogP contribution in [0.15, 0.2) is 0 Å². The van der Waals surface area contributed by atoms with Crippen molar-refractivity contribution >= 4 is 15.9 Å². The maximum atomic E-state index is 5.53. The molecule has 2 heteroatoms. The molecule has 1 nitrogen and oxygen atoms in total. The highest BCUT2D eigenvalue weighted by Crippen LogP contribution is 2.53. The molecule has 1 spiro atoms. The minimum atomic E-state index is 0.521. The first-order chi connectivity index (χ1) is 4.35. The predicted octanol–water partition coefficient (Wildman–Crippen LogP) is 1.95. The molecule has 1 heterocycles. The van der Waals surface area contributed by atoms with Crippen molar-refractivity contribution in [3.63, 3.8) is 0 Å². The van der Waals surface area contributed by atoms with E-state index in [9.17, 15) is 0 Å². The Morgan fingerprint density at radius 2 is 2.33 bits per heavy atom. The molecule has 52 valence electrons. The molecular formula is C7H11BrO. The second-order valence-corrected chi connectivity index (χ2v) is 3.94. The molecule has 1 saturated heterocycles. The molecule has 0 N–H and O–H groups in total. The average Bonchev–Trinajstić information content (AvgIpc) is 2.44. The molecule has 2 fully saturated rings. The highest BCUT2D eigenvalue weighted by Gasteiger charge is 2.48. The van der Waals surface area contributed by atoms with E-state index in [1.54, 1.807) is 0 Å². The maximum absolute atomic E-state index is 5.53. The minimum absolute atomic E-state index is 0.521. The van der Waals surface area contributed by atoms with Crippen molar-refractivity contribution in [1.82, 2.24) is 0 Å². The van der Waals surface area contributed by atoms with Crippen LogP contribution in [0.4, 0.5) is 0 Å². The molecule has 1 saturated carbocycles.